The molecule has 8 nitrogen and oxygen atoms in total. The maximum Gasteiger partial charge on any atom is 0.271 e. The van der Waals surface area contributed by atoms with Crippen molar-refractivity contribution < 1.29 is 19.4 Å². The monoisotopic (exact) mass is 614 g/mol. The first-order valence-corrected chi connectivity index (χ1v) is 15.5. The molecule has 0 spiro atoms. The van der Waals surface area contributed by atoms with E-state index in [4.69, 9.17) is 9.47 Å². The van der Waals surface area contributed by atoms with Crippen LogP contribution in [-0.4, -0.2) is 52.1 Å². The number of hydrogen-bond acceptors (Lipinski definition) is 7. The fourth-order valence-corrected chi connectivity index (χ4v) is 5.78. The highest BCUT2D eigenvalue weighted by Crippen LogP contribution is 2.38. The highest BCUT2D eigenvalue weighted by molar-refractivity contribution is 5.93. The summed E-state index contributed by atoms with van der Waals surface area (Å²) in [5.74, 6) is -0.274. The second-order valence-electron chi connectivity index (χ2n) is 11.6. The van der Waals surface area contributed by atoms with Crippen LogP contribution < -0.4 is 5.32 Å². The van der Waals surface area contributed by atoms with Gasteiger partial charge in [-0.25, -0.2) is 4.98 Å². The molecule has 0 bridgehead atoms. The Morgan fingerprint density at radius 2 is 1.67 bits per heavy atom. The molecule has 2 heterocycles. The number of carbonyl (C=O) groups is 1. The number of aromatic nitrogens is 2. The average molecular weight is 615 g/mol. The summed E-state index contributed by atoms with van der Waals surface area (Å²) in [6.45, 7) is 5.73. The van der Waals surface area contributed by atoms with Crippen molar-refractivity contribution in [2.45, 2.75) is 38.1 Å². The Hall–Kier alpha value is -4.73. The van der Waals surface area contributed by atoms with Gasteiger partial charge in [-0.1, -0.05) is 91.0 Å². The summed E-state index contributed by atoms with van der Waals surface area (Å²) in [5.41, 5.74) is 7.60. The van der Waals surface area contributed by atoms with E-state index in [0.29, 0.717) is 12.1 Å². The van der Waals surface area contributed by atoms with Crippen LogP contribution in [-0.2, 0) is 22.6 Å². The van der Waals surface area contributed by atoms with E-state index in [2.05, 4.69) is 52.0 Å². The minimum atomic E-state index is -0.537. The van der Waals surface area contributed by atoms with Crippen molar-refractivity contribution in [1.82, 2.24) is 20.2 Å². The molecule has 1 fully saturated rings. The number of amides is 1. The molecule has 3 atom stereocenters. The molecule has 1 aromatic heterocycles. The molecule has 1 amide bonds. The second-order valence-corrected chi connectivity index (χ2v) is 11.6. The van der Waals surface area contributed by atoms with E-state index in [1.165, 1.54) is 6.20 Å². The third kappa shape index (κ3) is 7.38. The summed E-state index contributed by atoms with van der Waals surface area (Å²) in [6.07, 6.45) is 3.39. The van der Waals surface area contributed by atoms with Gasteiger partial charge in [0.15, 0.2) is 6.29 Å². The standard InChI is InChI=1S/C38H38N4O4/c1-3-20-42(2)24-31-21-36(28-14-12-26(25-43)13-15-28)46-38(45-31)29-18-16-27(17-19-29)32-9-5-4-8-30(32)22-40-37(44)35-23-39-33-10-6-7-11-34(33)41-35/h3-19,23,31,36,38,43H,1,20-22,24-25H2,2H3,(H,40,44)/t31-,36+,38+/m0/s1. The Kier molecular flexibility index (Phi) is 9.91. The van der Waals surface area contributed by atoms with Gasteiger partial charge in [0.05, 0.1) is 36.0 Å². The number of ether oxygens (including phenoxy) is 2. The minimum Gasteiger partial charge on any atom is -0.392 e. The van der Waals surface area contributed by atoms with Crippen molar-refractivity contribution in [3.8, 4) is 11.1 Å². The van der Waals surface area contributed by atoms with Crippen molar-refractivity contribution in [1.29, 1.82) is 0 Å². The van der Waals surface area contributed by atoms with Gasteiger partial charge in [-0.15, -0.1) is 6.58 Å². The van der Waals surface area contributed by atoms with Crippen molar-refractivity contribution in [2.24, 2.45) is 0 Å². The predicted octanol–water partition coefficient (Wildman–Crippen LogP) is 6.38. The molecule has 1 aliphatic rings. The van der Waals surface area contributed by atoms with Crippen LogP contribution in [0, 0.1) is 0 Å². The van der Waals surface area contributed by atoms with Crippen LogP contribution in [0.5, 0.6) is 0 Å². The number of likely N-dealkylation sites (N-methyl/N-ethyl adjacent to an activating group) is 1. The van der Waals surface area contributed by atoms with E-state index in [0.717, 1.165) is 58.4 Å². The van der Waals surface area contributed by atoms with Crippen LogP contribution in [0.2, 0.25) is 0 Å². The molecule has 6 rings (SSSR count). The molecule has 0 unspecified atom stereocenters. The molecular weight excluding hydrogens is 576 g/mol. The molecule has 0 saturated carbocycles. The lowest BCUT2D eigenvalue weighted by Gasteiger charge is -2.37. The second kappa shape index (κ2) is 14.6. The van der Waals surface area contributed by atoms with Gasteiger partial charge in [0.25, 0.3) is 5.91 Å². The fourth-order valence-electron chi connectivity index (χ4n) is 5.78. The molecule has 5 aromatic rings. The number of hydrogen-bond donors (Lipinski definition) is 2. The highest BCUT2D eigenvalue weighted by Gasteiger charge is 2.32. The third-order valence-corrected chi connectivity index (χ3v) is 8.20. The van der Waals surface area contributed by atoms with Gasteiger partial charge in [0, 0.05) is 31.6 Å². The van der Waals surface area contributed by atoms with Crippen molar-refractivity contribution in [2.75, 3.05) is 20.1 Å². The van der Waals surface area contributed by atoms with Gasteiger partial charge in [-0.3, -0.25) is 9.78 Å². The Morgan fingerprint density at radius 3 is 2.43 bits per heavy atom. The van der Waals surface area contributed by atoms with E-state index >= 15 is 0 Å². The van der Waals surface area contributed by atoms with Gasteiger partial charge in [0.1, 0.15) is 5.69 Å². The molecule has 46 heavy (non-hydrogen) atoms. The van der Waals surface area contributed by atoms with Gasteiger partial charge in [-0.2, -0.15) is 0 Å². The number of rotatable bonds is 11. The molecular formula is C38H38N4O4. The summed E-state index contributed by atoms with van der Waals surface area (Å²) in [6, 6.07) is 31.7. The van der Waals surface area contributed by atoms with Crippen LogP contribution >= 0.6 is 0 Å². The first-order chi connectivity index (χ1) is 22.5. The average Bonchev–Trinajstić information content (AvgIpc) is 3.10. The molecule has 234 valence electrons. The number of nitrogens with zero attached hydrogens (tertiary/aromatic N) is 3. The van der Waals surface area contributed by atoms with Gasteiger partial charge >= 0.3 is 0 Å². The summed E-state index contributed by atoms with van der Waals surface area (Å²) < 4.78 is 13.0. The van der Waals surface area contributed by atoms with Crippen molar-refractivity contribution in [3.05, 3.63) is 144 Å². The van der Waals surface area contributed by atoms with Gasteiger partial charge < -0.3 is 24.8 Å². The minimum absolute atomic E-state index is 0.00744. The van der Waals surface area contributed by atoms with Gasteiger partial charge in [-0.05, 0) is 47.0 Å². The van der Waals surface area contributed by atoms with Crippen molar-refractivity contribution in [3.63, 3.8) is 0 Å². The van der Waals surface area contributed by atoms with E-state index in [-0.39, 0.29) is 30.4 Å². The summed E-state index contributed by atoms with van der Waals surface area (Å²) in [5, 5.41) is 12.5. The maximum absolute atomic E-state index is 13.0. The quantitative estimate of drug-likeness (QED) is 0.167. The molecule has 0 aliphatic carbocycles. The van der Waals surface area contributed by atoms with E-state index in [9.17, 15) is 9.90 Å². The Morgan fingerprint density at radius 1 is 0.957 bits per heavy atom. The first-order valence-electron chi connectivity index (χ1n) is 15.5. The topological polar surface area (TPSA) is 96.8 Å². The number of fused-ring (bicyclic) bond motifs is 1. The summed E-state index contributed by atoms with van der Waals surface area (Å²) in [7, 11) is 2.06. The first kappa shape index (κ1) is 31.3. The van der Waals surface area contributed by atoms with Crippen LogP contribution in [0.4, 0.5) is 0 Å². The van der Waals surface area contributed by atoms with Crippen LogP contribution in [0.3, 0.4) is 0 Å². The molecule has 1 saturated heterocycles. The Balaban J connectivity index is 1.18. The molecule has 4 aromatic carbocycles. The lowest BCUT2D eigenvalue weighted by atomic mass is 9.97. The molecule has 1 aliphatic heterocycles. The fraction of sp³-hybridized carbons (Fsp3) is 0.237. The molecule has 8 heteroatoms. The van der Waals surface area contributed by atoms with Crippen LogP contribution in [0.15, 0.2) is 116 Å². The number of carbonyl (C=O) groups excluding carboxylic acids is 1. The number of aliphatic hydroxyl groups excluding tert-OH is 1. The lowest BCUT2D eigenvalue weighted by molar-refractivity contribution is -0.252. The largest absolute Gasteiger partial charge is 0.392 e. The Labute approximate surface area is 269 Å². The van der Waals surface area contributed by atoms with Crippen molar-refractivity contribution >= 4 is 16.9 Å². The van der Waals surface area contributed by atoms with E-state index in [1.54, 1.807) is 0 Å². The molecule has 0 radical (unpaired) electrons. The zero-order valence-electron chi connectivity index (χ0n) is 25.9. The number of nitrogens with one attached hydrogen (secondary N) is 1. The third-order valence-electron chi connectivity index (χ3n) is 8.20. The summed E-state index contributed by atoms with van der Waals surface area (Å²) >= 11 is 0. The zero-order valence-corrected chi connectivity index (χ0v) is 25.9. The zero-order chi connectivity index (χ0) is 31.9. The smallest absolute Gasteiger partial charge is 0.271 e. The maximum atomic E-state index is 13.0. The highest BCUT2D eigenvalue weighted by atomic mass is 16.7. The number of aliphatic hydroxyl groups is 1. The summed E-state index contributed by atoms with van der Waals surface area (Å²) in [4.78, 5) is 24.0. The number of para-hydroxylation sites is 2. The van der Waals surface area contributed by atoms with E-state index in [1.807, 2.05) is 84.9 Å². The SMILES string of the molecule is C=CCN(C)C[C@@H]1C[C@H](c2ccc(CO)cc2)O[C@H](c2ccc(-c3ccccc3CNC(=O)c3cnc4ccccc4n3)cc2)O1. The normalized spacial score (nSPS) is 18.0. The number of benzene rings is 4. The predicted molar refractivity (Wildman–Crippen MR) is 179 cm³/mol. The lowest BCUT2D eigenvalue weighted by Crippen LogP contribution is -2.37. The molecule has 2 N–H and O–H groups in total. The van der Waals surface area contributed by atoms with Crippen LogP contribution in [0.1, 0.15) is 51.6 Å². The van der Waals surface area contributed by atoms with E-state index < -0.39 is 6.29 Å². The van der Waals surface area contributed by atoms with Gasteiger partial charge in [0.2, 0.25) is 0 Å². The van der Waals surface area contributed by atoms with Crippen LogP contribution in [0.25, 0.3) is 22.2 Å². The Bertz CT molecular complexity index is 1790.